The zero-order chi connectivity index (χ0) is 13.0. The Morgan fingerprint density at radius 3 is 2.67 bits per heavy atom. The van der Waals surface area contributed by atoms with Gasteiger partial charge in [0.1, 0.15) is 0 Å². The number of nitrogens with one attached hydrogen (secondary N) is 1. The molecule has 4 heteroatoms. The van der Waals surface area contributed by atoms with Crippen molar-refractivity contribution in [3.05, 3.63) is 33.8 Å². The molecule has 0 aromatic heterocycles. The molecule has 1 aromatic carbocycles. The lowest BCUT2D eigenvalue weighted by molar-refractivity contribution is 0.235. The van der Waals surface area contributed by atoms with Crippen molar-refractivity contribution in [1.82, 2.24) is 10.2 Å². The van der Waals surface area contributed by atoms with E-state index < -0.39 is 0 Å². The Labute approximate surface area is 119 Å². The summed E-state index contributed by atoms with van der Waals surface area (Å²) in [7, 11) is 2.18. The van der Waals surface area contributed by atoms with Crippen LogP contribution in [0.15, 0.2) is 18.2 Å². The van der Waals surface area contributed by atoms with E-state index >= 15 is 0 Å². The zero-order valence-electron chi connectivity index (χ0n) is 10.8. The van der Waals surface area contributed by atoms with Crippen LogP contribution in [-0.2, 0) is 6.42 Å². The highest BCUT2D eigenvalue weighted by molar-refractivity contribution is 6.35. The number of piperidine rings is 1. The average Bonchev–Trinajstić information content (AvgIpc) is 2.34. The fourth-order valence-electron chi connectivity index (χ4n) is 2.35. The number of nitrogens with zero attached hydrogens (tertiary/aromatic N) is 1. The van der Waals surface area contributed by atoms with Crippen molar-refractivity contribution in [3.63, 3.8) is 0 Å². The first-order valence-corrected chi connectivity index (χ1v) is 7.26. The molecule has 0 spiro atoms. The largest absolute Gasteiger partial charge is 0.314 e. The first kappa shape index (κ1) is 14.1. The Balaban J connectivity index is 1.75. The molecule has 0 aliphatic carbocycles. The van der Waals surface area contributed by atoms with E-state index in [1.54, 1.807) is 0 Å². The van der Waals surface area contributed by atoms with Crippen LogP contribution < -0.4 is 5.32 Å². The molecule has 18 heavy (non-hydrogen) atoms. The van der Waals surface area contributed by atoms with Gasteiger partial charge in [-0.2, -0.15) is 0 Å². The maximum absolute atomic E-state index is 6.15. The van der Waals surface area contributed by atoms with E-state index in [1.807, 2.05) is 18.2 Å². The third kappa shape index (κ3) is 4.13. The van der Waals surface area contributed by atoms with Gasteiger partial charge in [0.05, 0.1) is 0 Å². The highest BCUT2D eigenvalue weighted by atomic mass is 35.5. The summed E-state index contributed by atoms with van der Waals surface area (Å²) >= 11 is 12.0. The standard InChI is InChI=1S/C14H20Cl2N2/c1-18-8-5-13(6-9-18)17-7-4-11-2-3-12(15)10-14(11)16/h2-3,10,13,17H,4-9H2,1H3. The van der Waals surface area contributed by atoms with Gasteiger partial charge in [-0.3, -0.25) is 0 Å². The first-order chi connectivity index (χ1) is 8.65. The third-order valence-electron chi connectivity index (χ3n) is 3.56. The second kappa shape index (κ2) is 6.76. The van der Waals surface area contributed by atoms with Gasteiger partial charge in [0.2, 0.25) is 0 Å². The van der Waals surface area contributed by atoms with E-state index in [0.29, 0.717) is 11.1 Å². The lowest BCUT2D eigenvalue weighted by Crippen LogP contribution is -2.41. The fraction of sp³-hybridized carbons (Fsp3) is 0.571. The molecule has 0 atom stereocenters. The maximum Gasteiger partial charge on any atom is 0.0453 e. The van der Waals surface area contributed by atoms with Crippen molar-refractivity contribution in [2.75, 3.05) is 26.7 Å². The van der Waals surface area contributed by atoms with Crippen LogP contribution in [0.2, 0.25) is 10.0 Å². The summed E-state index contributed by atoms with van der Waals surface area (Å²) < 4.78 is 0. The SMILES string of the molecule is CN1CCC(NCCc2ccc(Cl)cc2Cl)CC1. The van der Waals surface area contributed by atoms with Crippen molar-refractivity contribution in [3.8, 4) is 0 Å². The molecule has 0 amide bonds. The summed E-state index contributed by atoms with van der Waals surface area (Å²) in [4.78, 5) is 2.38. The van der Waals surface area contributed by atoms with Crippen molar-refractivity contribution in [2.24, 2.45) is 0 Å². The highest BCUT2D eigenvalue weighted by Crippen LogP contribution is 2.21. The summed E-state index contributed by atoms with van der Waals surface area (Å²) in [5.41, 5.74) is 1.17. The fourth-order valence-corrected chi connectivity index (χ4v) is 2.85. The van der Waals surface area contributed by atoms with Gasteiger partial charge >= 0.3 is 0 Å². The van der Waals surface area contributed by atoms with Crippen LogP contribution in [0.5, 0.6) is 0 Å². The van der Waals surface area contributed by atoms with E-state index in [9.17, 15) is 0 Å². The van der Waals surface area contributed by atoms with Crippen molar-refractivity contribution in [1.29, 1.82) is 0 Å². The Bertz CT molecular complexity index is 387. The van der Waals surface area contributed by atoms with E-state index in [2.05, 4.69) is 17.3 Å². The monoisotopic (exact) mass is 286 g/mol. The summed E-state index contributed by atoms with van der Waals surface area (Å²) in [5, 5.41) is 5.09. The summed E-state index contributed by atoms with van der Waals surface area (Å²) in [5.74, 6) is 0. The molecule has 0 unspecified atom stereocenters. The van der Waals surface area contributed by atoms with Crippen molar-refractivity contribution in [2.45, 2.75) is 25.3 Å². The van der Waals surface area contributed by atoms with E-state index in [0.717, 1.165) is 18.0 Å². The second-order valence-electron chi connectivity index (χ2n) is 5.02. The number of halogens is 2. The summed E-state index contributed by atoms with van der Waals surface area (Å²) in [6.07, 6.45) is 3.44. The van der Waals surface area contributed by atoms with E-state index in [1.165, 1.54) is 31.5 Å². The van der Waals surface area contributed by atoms with Gasteiger partial charge in [0.15, 0.2) is 0 Å². The van der Waals surface area contributed by atoms with Crippen LogP contribution in [-0.4, -0.2) is 37.6 Å². The smallest absolute Gasteiger partial charge is 0.0453 e. The number of hydrogen-bond donors (Lipinski definition) is 1. The summed E-state index contributed by atoms with van der Waals surface area (Å²) in [6, 6.07) is 6.39. The number of rotatable bonds is 4. The molecule has 0 bridgehead atoms. The van der Waals surface area contributed by atoms with Gasteiger partial charge in [-0.15, -0.1) is 0 Å². The van der Waals surface area contributed by atoms with E-state index in [-0.39, 0.29) is 0 Å². The van der Waals surface area contributed by atoms with Gasteiger partial charge in [0.25, 0.3) is 0 Å². The molecule has 1 fully saturated rings. The van der Waals surface area contributed by atoms with E-state index in [4.69, 9.17) is 23.2 Å². The van der Waals surface area contributed by atoms with Gasteiger partial charge < -0.3 is 10.2 Å². The molecule has 1 N–H and O–H groups in total. The molecule has 1 aromatic rings. The maximum atomic E-state index is 6.15. The molecule has 2 nitrogen and oxygen atoms in total. The topological polar surface area (TPSA) is 15.3 Å². The van der Waals surface area contributed by atoms with Gasteiger partial charge in [-0.25, -0.2) is 0 Å². The lowest BCUT2D eigenvalue weighted by atomic mass is 10.1. The molecule has 0 radical (unpaired) electrons. The Kier molecular flexibility index (Phi) is 5.31. The lowest BCUT2D eigenvalue weighted by Gasteiger charge is -2.29. The third-order valence-corrected chi connectivity index (χ3v) is 4.15. The minimum atomic E-state index is 0.660. The normalized spacial score (nSPS) is 18.2. The molecule has 2 rings (SSSR count). The average molecular weight is 287 g/mol. The zero-order valence-corrected chi connectivity index (χ0v) is 12.3. The predicted molar refractivity (Wildman–Crippen MR) is 78.7 cm³/mol. The van der Waals surface area contributed by atoms with Gasteiger partial charge in [-0.1, -0.05) is 29.3 Å². The number of hydrogen-bond acceptors (Lipinski definition) is 2. The van der Waals surface area contributed by atoms with Crippen molar-refractivity contribution >= 4 is 23.2 Å². The minimum Gasteiger partial charge on any atom is -0.314 e. The van der Waals surface area contributed by atoms with Crippen LogP contribution in [0.25, 0.3) is 0 Å². The second-order valence-corrected chi connectivity index (χ2v) is 5.86. The van der Waals surface area contributed by atoms with Crippen LogP contribution in [0.1, 0.15) is 18.4 Å². The Morgan fingerprint density at radius 1 is 1.28 bits per heavy atom. The van der Waals surface area contributed by atoms with Crippen LogP contribution in [0.3, 0.4) is 0 Å². The summed E-state index contributed by atoms with van der Waals surface area (Å²) in [6.45, 7) is 3.37. The minimum absolute atomic E-state index is 0.660. The van der Waals surface area contributed by atoms with Crippen LogP contribution >= 0.6 is 23.2 Å². The number of likely N-dealkylation sites (tertiary alicyclic amines) is 1. The Hall–Kier alpha value is -0.280. The molecule has 0 saturated carbocycles. The van der Waals surface area contributed by atoms with Crippen LogP contribution in [0.4, 0.5) is 0 Å². The molecule has 1 heterocycles. The van der Waals surface area contributed by atoms with Gasteiger partial charge in [-0.05, 0) is 63.6 Å². The molecule has 1 saturated heterocycles. The molecular weight excluding hydrogens is 267 g/mol. The molecular formula is C14H20Cl2N2. The van der Waals surface area contributed by atoms with Crippen LogP contribution in [0, 0.1) is 0 Å². The predicted octanol–water partition coefficient (Wildman–Crippen LogP) is 3.22. The van der Waals surface area contributed by atoms with Crippen molar-refractivity contribution < 1.29 is 0 Å². The molecule has 1 aliphatic rings. The Morgan fingerprint density at radius 2 is 2.00 bits per heavy atom. The number of benzene rings is 1. The molecule has 100 valence electrons. The molecule has 1 aliphatic heterocycles. The quantitative estimate of drug-likeness (QED) is 0.914. The first-order valence-electron chi connectivity index (χ1n) is 6.51. The van der Waals surface area contributed by atoms with Gasteiger partial charge in [0, 0.05) is 16.1 Å². The highest BCUT2D eigenvalue weighted by Gasteiger charge is 2.15.